The molecule has 0 bridgehead atoms. The number of hydrogen-bond donors (Lipinski definition) is 1. The summed E-state index contributed by atoms with van der Waals surface area (Å²) < 4.78 is 5.37. The first-order valence-corrected chi connectivity index (χ1v) is 6.63. The Hall–Kier alpha value is -2.13. The number of fused-ring (bicyclic) bond motifs is 1. The molecule has 0 spiro atoms. The van der Waals surface area contributed by atoms with Gasteiger partial charge in [-0.15, -0.1) is 0 Å². The van der Waals surface area contributed by atoms with Crippen LogP contribution in [0.4, 0.5) is 0 Å². The van der Waals surface area contributed by atoms with Crippen molar-refractivity contribution in [2.75, 3.05) is 0 Å². The summed E-state index contributed by atoms with van der Waals surface area (Å²) >= 11 is 0. The number of ether oxygens (including phenoxy) is 1. The molecule has 0 amide bonds. The van der Waals surface area contributed by atoms with Gasteiger partial charge in [0, 0.05) is 5.56 Å². The molecule has 3 nitrogen and oxygen atoms in total. The first kappa shape index (κ1) is 12.9. The molecule has 20 heavy (non-hydrogen) atoms. The third-order valence-electron chi connectivity index (χ3n) is 3.85. The molecule has 1 aliphatic rings. The van der Waals surface area contributed by atoms with Gasteiger partial charge in [0.25, 0.3) is 0 Å². The molecule has 0 saturated carbocycles. The van der Waals surface area contributed by atoms with E-state index >= 15 is 0 Å². The van der Waals surface area contributed by atoms with Gasteiger partial charge in [0.05, 0.1) is 5.56 Å². The summed E-state index contributed by atoms with van der Waals surface area (Å²) in [5.74, 6) is -0.358. The molecular formula is C17H16O3. The van der Waals surface area contributed by atoms with Crippen LogP contribution in [0.1, 0.15) is 44.8 Å². The average Bonchev–Trinajstić information content (AvgIpc) is 2.77. The summed E-state index contributed by atoms with van der Waals surface area (Å²) in [4.78, 5) is 11.9. The summed E-state index contributed by atoms with van der Waals surface area (Å²) in [6.07, 6.45) is -1.47. The normalized spacial score (nSPS) is 18.6. The number of benzene rings is 2. The van der Waals surface area contributed by atoms with Crippen LogP contribution in [-0.4, -0.2) is 11.1 Å². The van der Waals surface area contributed by atoms with E-state index in [2.05, 4.69) is 0 Å². The summed E-state index contributed by atoms with van der Waals surface area (Å²) in [6.45, 7) is 3.95. The molecule has 1 heterocycles. The van der Waals surface area contributed by atoms with Crippen LogP contribution in [0.5, 0.6) is 0 Å². The van der Waals surface area contributed by atoms with Gasteiger partial charge in [0.2, 0.25) is 0 Å². The van der Waals surface area contributed by atoms with Gasteiger partial charge in [-0.3, -0.25) is 0 Å². The molecule has 0 saturated heterocycles. The van der Waals surface area contributed by atoms with Crippen molar-refractivity contribution in [3.8, 4) is 0 Å². The highest BCUT2D eigenvalue weighted by molar-refractivity contribution is 5.94. The second kappa shape index (κ2) is 4.76. The van der Waals surface area contributed by atoms with E-state index in [0.29, 0.717) is 5.56 Å². The van der Waals surface area contributed by atoms with E-state index in [-0.39, 0.29) is 5.97 Å². The molecule has 102 valence electrons. The Bertz CT molecular complexity index is 661. The van der Waals surface area contributed by atoms with Crippen LogP contribution < -0.4 is 0 Å². The highest BCUT2D eigenvalue weighted by Gasteiger charge is 2.36. The van der Waals surface area contributed by atoms with E-state index in [0.717, 1.165) is 22.3 Å². The van der Waals surface area contributed by atoms with Crippen molar-refractivity contribution < 1.29 is 14.6 Å². The van der Waals surface area contributed by atoms with E-state index in [1.807, 2.05) is 56.3 Å². The molecule has 0 radical (unpaired) electrons. The predicted molar refractivity (Wildman–Crippen MR) is 75.5 cm³/mol. The zero-order chi connectivity index (χ0) is 14.3. The molecule has 1 aliphatic heterocycles. The van der Waals surface area contributed by atoms with Crippen LogP contribution in [0.25, 0.3) is 0 Å². The van der Waals surface area contributed by atoms with E-state index in [9.17, 15) is 9.90 Å². The predicted octanol–water partition coefficient (Wildman–Crippen LogP) is 3.25. The Morgan fingerprint density at radius 3 is 2.45 bits per heavy atom. The zero-order valence-corrected chi connectivity index (χ0v) is 11.5. The van der Waals surface area contributed by atoms with Crippen LogP contribution in [0.2, 0.25) is 0 Å². The topological polar surface area (TPSA) is 46.5 Å². The first-order chi connectivity index (χ1) is 9.58. The standard InChI is InChI=1S/C17H16O3/c1-10-8-13-14(9-11(10)2)17(19)20-16(13)15(18)12-6-4-3-5-7-12/h3-9,15-16,18H,1-2H3/t15-,16-/m1/s1. The van der Waals surface area contributed by atoms with Gasteiger partial charge < -0.3 is 9.84 Å². The van der Waals surface area contributed by atoms with Crippen molar-refractivity contribution in [2.24, 2.45) is 0 Å². The molecule has 1 N–H and O–H groups in total. The minimum absolute atomic E-state index is 0.358. The van der Waals surface area contributed by atoms with Crippen molar-refractivity contribution in [3.63, 3.8) is 0 Å². The largest absolute Gasteiger partial charge is 0.451 e. The lowest BCUT2D eigenvalue weighted by atomic mass is 9.93. The Morgan fingerprint density at radius 1 is 1.10 bits per heavy atom. The van der Waals surface area contributed by atoms with Crippen LogP contribution >= 0.6 is 0 Å². The van der Waals surface area contributed by atoms with Gasteiger partial charge in [0.1, 0.15) is 6.10 Å². The van der Waals surface area contributed by atoms with Crippen LogP contribution in [-0.2, 0) is 4.74 Å². The second-order valence-corrected chi connectivity index (χ2v) is 5.21. The fourth-order valence-electron chi connectivity index (χ4n) is 2.55. The Labute approximate surface area is 117 Å². The van der Waals surface area contributed by atoms with E-state index in [1.165, 1.54) is 0 Å². The zero-order valence-electron chi connectivity index (χ0n) is 11.5. The smallest absolute Gasteiger partial charge is 0.339 e. The fourth-order valence-corrected chi connectivity index (χ4v) is 2.55. The average molecular weight is 268 g/mol. The number of carbonyl (C=O) groups is 1. The molecule has 0 unspecified atom stereocenters. The quantitative estimate of drug-likeness (QED) is 0.850. The van der Waals surface area contributed by atoms with Gasteiger partial charge in [-0.1, -0.05) is 36.4 Å². The highest BCUT2D eigenvalue weighted by atomic mass is 16.6. The maximum atomic E-state index is 11.9. The first-order valence-electron chi connectivity index (χ1n) is 6.63. The van der Waals surface area contributed by atoms with E-state index < -0.39 is 12.2 Å². The number of hydrogen-bond acceptors (Lipinski definition) is 3. The number of carbonyl (C=O) groups excluding carboxylic acids is 1. The van der Waals surface area contributed by atoms with Gasteiger partial charge >= 0.3 is 5.97 Å². The van der Waals surface area contributed by atoms with Gasteiger partial charge in [-0.25, -0.2) is 4.79 Å². The van der Waals surface area contributed by atoms with Crippen molar-refractivity contribution >= 4 is 5.97 Å². The van der Waals surface area contributed by atoms with Gasteiger partial charge in [-0.2, -0.15) is 0 Å². The molecule has 0 aliphatic carbocycles. The molecule has 2 atom stereocenters. The van der Waals surface area contributed by atoms with Crippen molar-refractivity contribution in [1.29, 1.82) is 0 Å². The third kappa shape index (κ3) is 2.00. The summed E-state index contributed by atoms with van der Waals surface area (Å²) in [5, 5.41) is 10.5. The van der Waals surface area contributed by atoms with Crippen LogP contribution in [0.15, 0.2) is 42.5 Å². The maximum absolute atomic E-state index is 11.9. The highest BCUT2D eigenvalue weighted by Crippen LogP contribution is 2.40. The van der Waals surface area contributed by atoms with Crippen molar-refractivity contribution in [1.82, 2.24) is 0 Å². The Kier molecular flexibility index (Phi) is 3.07. The monoisotopic (exact) mass is 268 g/mol. The lowest BCUT2D eigenvalue weighted by Crippen LogP contribution is -2.10. The van der Waals surface area contributed by atoms with E-state index in [1.54, 1.807) is 0 Å². The summed E-state index contributed by atoms with van der Waals surface area (Å²) in [6, 6.07) is 13.0. The molecular weight excluding hydrogens is 252 g/mol. The number of aryl methyl sites for hydroxylation is 2. The third-order valence-corrected chi connectivity index (χ3v) is 3.85. The summed E-state index contributed by atoms with van der Waals surface area (Å²) in [5.41, 5.74) is 4.22. The molecule has 0 fully saturated rings. The molecule has 2 aromatic carbocycles. The Morgan fingerprint density at radius 2 is 1.75 bits per heavy atom. The fraction of sp³-hybridized carbons (Fsp3) is 0.235. The lowest BCUT2D eigenvalue weighted by Gasteiger charge is -2.18. The van der Waals surface area contributed by atoms with Gasteiger partial charge in [0.15, 0.2) is 6.10 Å². The second-order valence-electron chi connectivity index (χ2n) is 5.21. The molecule has 3 heteroatoms. The number of rotatable bonds is 2. The van der Waals surface area contributed by atoms with E-state index in [4.69, 9.17) is 4.74 Å². The molecule has 2 aromatic rings. The number of esters is 1. The van der Waals surface area contributed by atoms with Gasteiger partial charge in [-0.05, 0) is 36.6 Å². The van der Waals surface area contributed by atoms with Crippen LogP contribution in [0.3, 0.4) is 0 Å². The number of cyclic esters (lactones) is 1. The van der Waals surface area contributed by atoms with Crippen LogP contribution in [0, 0.1) is 13.8 Å². The number of aliphatic hydroxyl groups excluding tert-OH is 1. The lowest BCUT2D eigenvalue weighted by molar-refractivity contribution is -0.0102. The SMILES string of the molecule is Cc1cc2c(cc1C)[C@H]([C@H](O)c1ccccc1)OC2=O. The Balaban J connectivity index is 2.03. The van der Waals surface area contributed by atoms with Crippen molar-refractivity contribution in [3.05, 3.63) is 70.3 Å². The molecule has 3 rings (SSSR count). The minimum Gasteiger partial charge on any atom is -0.451 e. The number of aliphatic hydroxyl groups is 1. The van der Waals surface area contributed by atoms with Crippen molar-refractivity contribution in [2.45, 2.75) is 26.1 Å². The summed E-state index contributed by atoms with van der Waals surface area (Å²) in [7, 11) is 0. The maximum Gasteiger partial charge on any atom is 0.339 e. The molecule has 0 aromatic heterocycles. The minimum atomic E-state index is -0.844.